The molecule has 2 fully saturated rings. The molecule has 1 aliphatic heterocycles. The molecule has 124 valence electrons. The third kappa shape index (κ3) is 3.71. The third-order valence-electron chi connectivity index (χ3n) is 5.12. The van der Waals surface area contributed by atoms with Crippen molar-refractivity contribution < 1.29 is 14.3 Å². The van der Waals surface area contributed by atoms with Crippen molar-refractivity contribution >= 4 is 23.6 Å². The second-order valence-corrected chi connectivity index (χ2v) is 7.60. The average Bonchev–Trinajstić information content (AvgIpc) is 3.29. The minimum absolute atomic E-state index is 0.0680. The number of ether oxygens (including phenoxy) is 1. The van der Waals surface area contributed by atoms with Crippen LogP contribution < -0.4 is 0 Å². The van der Waals surface area contributed by atoms with Crippen LogP contribution in [0.1, 0.15) is 25.7 Å². The van der Waals surface area contributed by atoms with Crippen LogP contribution in [0, 0.1) is 11.3 Å². The standard InChI is InChI=1S/C18H23NO3S/c1-22-17(21)15-13-18(15)8-10-19(11-9-18)16(20)7-12-23-14-5-3-2-4-6-14/h2-6,15H,7-13H2,1H3/t15-/m1/s1. The first kappa shape index (κ1) is 16.4. The first-order valence-corrected chi connectivity index (χ1v) is 9.17. The minimum atomic E-state index is -0.0796. The van der Waals surface area contributed by atoms with Crippen LogP contribution in [0.15, 0.2) is 35.2 Å². The molecule has 0 radical (unpaired) electrons. The molecule has 1 aliphatic carbocycles. The lowest BCUT2D eigenvalue weighted by molar-refractivity contribution is -0.143. The number of methoxy groups -OCH3 is 1. The minimum Gasteiger partial charge on any atom is -0.469 e. The van der Waals surface area contributed by atoms with Gasteiger partial charge < -0.3 is 9.64 Å². The van der Waals surface area contributed by atoms with E-state index in [1.165, 1.54) is 12.0 Å². The molecule has 1 saturated carbocycles. The molecule has 3 rings (SSSR count). The van der Waals surface area contributed by atoms with E-state index in [2.05, 4.69) is 12.1 Å². The highest BCUT2D eigenvalue weighted by molar-refractivity contribution is 7.99. The van der Waals surface area contributed by atoms with Gasteiger partial charge in [-0.25, -0.2) is 0 Å². The van der Waals surface area contributed by atoms with Gasteiger partial charge in [-0.1, -0.05) is 18.2 Å². The summed E-state index contributed by atoms with van der Waals surface area (Å²) in [5.74, 6) is 1.04. The smallest absolute Gasteiger partial charge is 0.309 e. The topological polar surface area (TPSA) is 46.6 Å². The van der Waals surface area contributed by atoms with E-state index < -0.39 is 0 Å². The second-order valence-electron chi connectivity index (χ2n) is 6.43. The molecule has 1 aromatic carbocycles. The van der Waals surface area contributed by atoms with Crippen molar-refractivity contribution in [2.75, 3.05) is 26.0 Å². The molecular weight excluding hydrogens is 310 g/mol. The molecular formula is C18H23NO3S. The molecule has 1 spiro atoms. The number of esters is 1. The molecule has 1 heterocycles. The van der Waals surface area contributed by atoms with Gasteiger partial charge in [-0.15, -0.1) is 11.8 Å². The molecule has 5 heteroatoms. The van der Waals surface area contributed by atoms with Gasteiger partial charge in [0.05, 0.1) is 13.0 Å². The third-order valence-corrected chi connectivity index (χ3v) is 6.13. The predicted molar refractivity (Wildman–Crippen MR) is 90.2 cm³/mol. The average molecular weight is 333 g/mol. The maximum Gasteiger partial charge on any atom is 0.309 e. The normalized spacial score (nSPS) is 22.0. The zero-order valence-corrected chi connectivity index (χ0v) is 14.3. The molecule has 0 unspecified atom stereocenters. The van der Waals surface area contributed by atoms with Crippen LogP contribution in [0.25, 0.3) is 0 Å². The Morgan fingerprint density at radius 2 is 1.96 bits per heavy atom. The van der Waals surface area contributed by atoms with Gasteiger partial charge in [0.25, 0.3) is 0 Å². The number of likely N-dealkylation sites (tertiary alicyclic amines) is 1. The molecule has 23 heavy (non-hydrogen) atoms. The Kier molecular flexibility index (Phi) is 4.95. The van der Waals surface area contributed by atoms with Gasteiger partial charge >= 0.3 is 5.97 Å². The van der Waals surface area contributed by atoms with Gasteiger partial charge in [-0.2, -0.15) is 0 Å². The van der Waals surface area contributed by atoms with Crippen molar-refractivity contribution in [1.82, 2.24) is 4.90 Å². The van der Waals surface area contributed by atoms with Crippen LogP contribution >= 0.6 is 11.8 Å². The number of hydrogen-bond donors (Lipinski definition) is 0. The summed E-state index contributed by atoms with van der Waals surface area (Å²) in [7, 11) is 1.46. The highest BCUT2D eigenvalue weighted by Gasteiger charge is 2.59. The summed E-state index contributed by atoms with van der Waals surface area (Å²) in [6.07, 6.45) is 3.38. The maximum atomic E-state index is 12.3. The van der Waals surface area contributed by atoms with Gasteiger partial charge in [0.1, 0.15) is 0 Å². The largest absolute Gasteiger partial charge is 0.469 e. The number of carbonyl (C=O) groups is 2. The number of thioether (sulfide) groups is 1. The number of carbonyl (C=O) groups excluding carboxylic acids is 2. The predicted octanol–water partition coefficient (Wildman–Crippen LogP) is 2.97. The molecule has 0 bridgehead atoms. The molecule has 0 aromatic heterocycles. The summed E-state index contributed by atoms with van der Waals surface area (Å²) in [5, 5.41) is 0. The van der Waals surface area contributed by atoms with Crippen LogP contribution in [0.4, 0.5) is 0 Å². The molecule has 0 N–H and O–H groups in total. The van der Waals surface area contributed by atoms with Crippen LogP contribution in [0.2, 0.25) is 0 Å². The number of nitrogens with zero attached hydrogens (tertiary/aromatic N) is 1. The summed E-state index contributed by atoms with van der Waals surface area (Å²) in [6, 6.07) is 10.2. The first-order chi connectivity index (χ1) is 11.1. The van der Waals surface area contributed by atoms with Gasteiger partial charge in [0.15, 0.2) is 0 Å². The number of rotatable bonds is 5. The number of benzene rings is 1. The highest BCUT2D eigenvalue weighted by Crippen LogP contribution is 2.59. The van der Waals surface area contributed by atoms with E-state index in [1.807, 2.05) is 23.1 Å². The van der Waals surface area contributed by atoms with Crippen molar-refractivity contribution in [3.63, 3.8) is 0 Å². The van der Waals surface area contributed by atoms with E-state index in [0.29, 0.717) is 6.42 Å². The molecule has 1 atom stereocenters. The molecule has 1 amide bonds. The summed E-state index contributed by atoms with van der Waals surface area (Å²) in [5.41, 5.74) is 0.128. The number of piperidine rings is 1. The van der Waals surface area contributed by atoms with Crippen LogP contribution in [0.3, 0.4) is 0 Å². The van der Waals surface area contributed by atoms with Gasteiger partial charge in [-0.3, -0.25) is 9.59 Å². The Morgan fingerprint density at radius 1 is 1.26 bits per heavy atom. The Hall–Kier alpha value is -1.49. The summed E-state index contributed by atoms with van der Waals surface area (Å²) in [4.78, 5) is 27.1. The molecule has 1 saturated heterocycles. The van der Waals surface area contributed by atoms with E-state index in [0.717, 1.165) is 38.1 Å². The zero-order valence-electron chi connectivity index (χ0n) is 13.5. The lowest BCUT2D eigenvalue weighted by atomic mass is 9.90. The second kappa shape index (κ2) is 6.95. The summed E-state index contributed by atoms with van der Waals surface area (Å²) in [6.45, 7) is 1.56. The molecule has 2 aliphatic rings. The Labute approximate surface area is 141 Å². The number of hydrogen-bond acceptors (Lipinski definition) is 4. The SMILES string of the molecule is COC(=O)[C@H]1CC12CCN(C(=O)CCSc1ccccc1)CC2. The van der Waals surface area contributed by atoms with Gasteiger partial charge in [-0.05, 0) is 36.8 Å². The van der Waals surface area contributed by atoms with Crippen molar-refractivity contribution in [3.05, 3.63) is 30.3 Å². The number of amides is 1. The van der Waals surface area contributed by atoms with Crippen LogP contribution in [-0.2, 0) is 14.3 Å². The van der Waals surface area contributed by atoms with E-state index >= 15 is 0 Å². The van der Waals surface area contributed by atoms with E-state index in [-0.39, 0.29) is 23.2 Å². The fourth-order valence-electron chi connectivity index (χ4n) is 3.51. The van der Waals surface area contributed by atoms with Crippen molar-refractivity contribution in [2.24, 2.45) is 11.3 Å². The van der Waals surface area contributed by atoms with Crippen molar-refractivity contribution in [3.8, 4) is 0 Å². The zero-order chi connectivity index (χ0) is 16.3. The highest BCUT2D eigenvalue weighted by atomic mass is 32.2. The first-order valence-electron chi connectivity index (χ1n) is 8.18. The Balaban J connectivity index is 1.40. The lowest BCUT2D eigenvalue weighted by Gasteiger charge is -2.32. The Morgan fingerprint density at radius 3 is 2.61 bits per heavy atom. The molecule has 4 nitrogen and oxygen atoms in total. The molecule has 1 aromatic rings. The van der Waals surface area contributed by atoms with E-state index in [4.69, 9.17) is 4.74 Å². The monoisotopic (exact) mass is 333 g/mol. The summed E-state index contributed by atoms with van der Waals surface area (Å²) < 4.78 is 4.85. The maximum absolute atomic E-state index is 12.3. The van der Waals surface area contributed by atoms with Crippen LogP contribution in [-0.4, -0.2) is 42.7 Å². The van der Waals surface area contributed by atoms with Gasteiger partial charge in [0.2, 0.25) is 5.91 Å². The van der Waals surface area contributed by atoms with Gasteiger partial charge in [0, 0.05) is 30.2 Å². The van der Waals surface area contributed by atoms with E-state index in [1.54, 1.807) is 11.8 Å². The fraction of sp³-hybridized carbons (Fsp3) is 0.556. The van der Waals surface area contributed by atoms with Crippen molar-refractivity contribution in [2.45, 2.75) is 30.6 Å². The fourth-order valence-corrected chi connectivity index (χ4v) is 4.37. The van der Waals surface area contributed by atoms with Crippen molar-refractivity contribution in [1.29, 1.82) is 0 Å². The lowest BCUT2D eigenvalue weighted by Crippen LogP contribution is -2.40. The Bertz CT molecular complexity index is 567. The van der Waals surface area contributed by atoms with Crippen LogP contribution in [0.5, 0.6) is 0 Å². The van der Waals surface area contributed by atoms with E-state index in [9.17, 15) is 9.59 Å². The summed E-state index contributed by atoms with van der Waals surface area (Å²) >= 11 is 1.72. The quantitative estimate of drug-likeness (QED) is 0.614.